The summed E-state index contributed by atoms with van der Waals surface area (Å²) >= 11 is 0. The smallest absolute Gasteiger partial charge is 0.258 e. The molecular formula is C20H27N3O3. The molecule has 6 nitrogen and oxygen atoms in total. The summed E-state index contributed by atoms with van der Waals surface area (Å²) in [5.74, 6) is 0.493. The van der Waals surface area contributed by atoms with Crippen LogP contribution in [0.15, 0.2) is 24.3 Å². The zero-order valence-corrected chi connectivity index (χ0v) is 15.2. The predicted octanol–water partition coefficient (Wildman–Crippen LogP) is 2.09. The maximum Gasteiger partial charge on any atom is 0.258 e. The number of rotatable bonds is 6. The second-order valence-electron chi connectivity index (χ2n) is 7.09. The lowest BCUT2D eigenvalue weighted by atomic mass is 9.79. The molecule has 3 rings (SSSR count). The van der Waals surface area contributed by atoms with Gasteiger partial charge in [0.05, 0.1) is 24.8 Å². The van der Waals surface area contributed by atoms with Gasteiger partial charge in [0.15, 0.2) is 6.61 Å². The Bertz CT molecular complexity index is 627. The average molecular weight is 357 g/mol. The minimum atomic E-state index is -0.104. The molecule has 1 aliphatic carbocycles. The van der Waals surface area contributed by atoms with Gasteiger partial charge in [0.25, 0.3) is 5.91 Å². The Morgan fingerprint density at radius 3 is 2.54 bits per heavy atom. The van der Waals surface area contributed by atoms with E-state index in [2.05, 4.69) is 16.3 Å². The van der Waals surface area contributed by atoms with Gasteiger partial charge < -0.3 is 14.8 Å². The number of hydrogen-bond donors (Lipinski definition) is 1. The number of benzene rings is 1. The molecule has 1 aliphatic heterocycles. The number of nitriles is 1. The third kappa shape index (κ3) is 4.75. The van der Waals surface area contributed by atoms with Crippen LogP contribution >= 0.6 is 0 Å². The summed E-state index contributed by atoms with van der Waals surface area (Å²) in [4.78, 5) is 14.8. The number of hydrogen-bond acceptors (Lipinski definition) is 5. The molecule has 0 atom stereocenters. The van der Waals surface area contributed by atoms with Crippen molar-refractivity contribution in [1.29, 1.82) is 5.26 Å². The molecule has 0 bridgehead atoms. The second kappa shape index (κ2) is 9.02. The molecule has 2 fully saturated rings. The Hall–Kier alpha value is -2.10. The van der Waals surface area contributed by atoms with Crippen LogP contribution in [0.4, 0.5) is 0 Å². The first-order valence-corrected chi connectivity index (χ1v) is 9.44. The fourth-order valence-corrected chi connectivity index (χ4v) is 3.94. The quantitative estimate of drug-likeness (QED) is 0.844. The number of nitrogens with zero attached hydrogens (tertiary/aromatic N) is 2. The zero-order chi connectivity index (χ0) is 18.2. The molecule has 1 saturated carbocycles. The summed E-state index contributed by atoms with van der Waals surface area (Å²) in [5.41, 5.74) is 0.637. The molecule has 26 heavy (non-hydrogen) atoms. The number of carbonyl (C=O) groups excluding carboxylic acids is 1. The van der Waals surface area contributed by atoms with E-state index in [4.69, 9.17) is 14.7 Å². The van der Waals surface area contributed by atoms with Crippen LogP contribution in [-0.4, -0.2) is 55.8 Å². The van der Waals surface area contributed by atoms with Crippen LogP contribution in [0.3, 0.4) is 0 Å². The highest BCUT2D eigenvalue weighted by Crippen LogP contribution is 2.33. The third-order valence-electron chi connectivity index (χ3n) is 5.43. The lowest BCUT2D eigenvalue weighted by molar-refractivity contribution is -0.124. The second-order valence-corrected chi connectivity index (χ2v) is 7.09. The summed E-state index contributed by atoms with van der Waals surface area (Å²) in [5, 5.41) is 11.9. The van der Waals surface area contributed by atoms with Gasteiger partial charge in [-0.15, -0.1) is 0 Å². The van der Waals surface area contributed by atoms with Gasteiger partial charge in [-0.2, -0.15) is 5.26 Å². The minimum Gasteiger partial charge on any atom is -0.484 e. The van der Waals surface area contributed by atoms with Gasteiger partial charge in [-0.25, -0.2) is 0 Å². The van der Waals surface area contributed by atoms with Crippen molar-refractivity contribution in [3.8, 4) is 11.8 Å². The van der Waals surface area contributed by atoms with Crippen molar-refractivity contribution in [2.45, 2.75) is 37.6 Å². The standard InChI is InChI=1S/C20H27N3O3/c21-14-17-4-6-18(7-5-17)26-15-19(24)22-16-20(8-2-1-3-9-20)23-10-12-25-13-11-23/h4-7H,1-3,8-13,15-16H2,(H,22,24). The molecule has 1 aromatic rings. The minimum absolute atomic E-state index is 0.00884. The molecule has 2 aliphatic rings. The Morgan fingerprint density at radius 2 is 1.88 bits per heavy atom. The van der Waals surface area contributed by atoms with Crippen LogP contribution in [-0.2, 0) is 9.53 Å². The van der Waals surface area contributed by atoms with Crippen molar-refractivity contribution >= 4 is 5.91 Å². The normalized spacial score (nSPS) is 20.1. The van der Waals surface area contributed by atoms with Crippen LogP contribution < -0.4 is 10.1 Å². The molecule has 1 heterocycles. The maximum atomic E-state index is 12.3. The number of carbonyl (C=O) groups is 1. The first-order valence-electron chi connectivity index (χ1n) is 9.44. The highest BCUT2D eigenvalue weighted by molar-refractivity contribution is 5.77. The van der Waals surface area contributed by atoms with Crippen LogP contribution in [0.25, 0.3) is 0 Å². The lowest BCUT2D eigenvalue weighted by Crippen LogP contribution is -2.60. The Kier molecular flexibility index (Phi) is 6.48. The van der Waals surface area contributed by atoms with Crippen molar-refractivity contribution in [3.05, 3.63) is 29.8 Å². The van der Waals surface area contributed by atoms with Crippen LogP contribution in [0.2, 0.25) is 0 Å². The van der Waals surface area contributed by atoms with E-state index in [1.807, 2.05) is 0 Å². The largest absolute Gasteiger partial charge is 0.484 e. The van der Waals surface area contributed by atoms with E-state index < -0.39 is 0 Å². The molecular weight excluding hydrogens is 330 g/mol. The first kappa shape index (κ1) is 18.7. The summed E-state index contributed by atoms with van der Waals surface area (Å²) in [6, 6.07) is 8.85. The van der Waals surface area contributed by atoms with Crippen LogP contribution in [0, 0.1) is 11.3 Å². The van der Waals surface area contributed by atoms with Gasteiger partial charge in [0, 0.05) is 25.2 Å². The van der Waals surface area contributed by atoms with Gasteiger partial charge in [-0.05, 0) is 37.1 Å². The van der Waals surface area contributed by atoms with E-state index >= 15 is 0 Å². The molecule has 0 spiro atoms. The number of amides is 1. The van der Waals surface area contributed by atoms with Gasteiger partial charge in [-0.3, -0.25) is 9.69 Å². The average Bonchev–Trinajstić information content (AvgIpc) is 2.72. The van der Waals surface area contributed by atoms with Crippen LogP contribution in [0.1, 0.15) is 37.7 Å². The number of morpholine rings is 1. The van der Waals surface area contributed by atoms with E-state index in [-0.39, 0.29) is 18.1 Å². The zero-order valence-electron chi connectivity index (χ0n) is 15.2. The molecule has 1 saturated heterocycles. The predicted molar refractivity (Wildman–Crippen MR) is 97.9 cm³/mol. The van der Waals surface area contributed by atoms with Gasteiger partial charge in [0.2, 0.25) is 0 Å². The highest BCUT2D eigenvalue weighted by atomic mass is 16.5. The summed E-state index contributed by atoms with van der Waals surface area (Å²) in [6.07, 6.45) is 5.97. The topological polar surface area (TPSA) is 74.6 Å². The summed E-state index contributed by atoms with van der Waals surface area (Å²) in [7, 11) is 0. The molecule has 0 radical (unpaired) electrons. The van der Waals surface area contributed by atoms with E-state index in [0.29, 0.717) is 17.9 Å². The van der Waals surface area contributed by atoms with Gasteiger partial charge in [-0.1, -0.05) is 19.3 Å². The molecule has 6 heteroatoms. The third-order valence-corrected chi connectivity index (χ3v) is 5.43. The Morgan fingerprint density at radius 1 is 1.19 bits per heavy atom. The van der Waals surface area contributed by atoms with Crippen molar-refractivity contribution in [1.82, 2.24) is 10.2 Å². The van der Waals surface area contributed by atoms with Gasteiger partial charge >= 0.3 is 0 Å². The Balaban J connectivity index is 1.51. The summed E-state index contributed by atoms with van der Waals surface area (Å²) < 4.78 is 11.0. The molecule has 1 amide bonds. The molecule has 140 valence electrons. The highest BCUT2D eigenvalue weighted by Gasteiger charge is 2.38. The number of nitrogens with one attached hydrogen (secondary N) is 1. The molecule has 0 unspecified atom stereocenters. The van der Waals surface area contributed by atoms with Crippen LogP contribution in [0.5, 0.6) is 5.75 Å². The fourth-order valence-electron chi connectivity index (χ4n) is 3.94. The fraction of sp³-hybridized carbons (Fsp3) is 0.600. The molecule has 0 aromatic heterocycles. The van der Waals surface area contributed by atoms with Crippen molar-refractivity contribution < 1.29 is 14.3 Å². The molecule has 1 aromatic carbocycles. The lowest BCUT2D eigenvalue weighted by Gasteiger charge is -2.48. The van der Waals surface area contributed by atoms with Gasteiger partial charge in [0.1, 0.15) is 5.75 Å². The van der Waals surface area contributed by atoms with E-state index in [0.717, 1.165) is 39.1 Å². The first-order chi connectivity index (χ1) is 12.7. The van der Waals surface area contributed by atoms with E-state index in [1.165, 1.54) is 19.3 Å². The number of ether oxygens (including phenoxy) is 2. The Labute approximate surface area is 155 Å². The van der Waals surface area contributed by atoms with E-state index in [9.17, 15) is 4.79 Å². The molecule has 1 N–H and O–H groups in total. The maximum absolute atomic E-state index is 12.3. The van der Waals surface area contributed by atoms with Crippen molar-refractivity contribution in [2.24, 2.45) is 0 Å². The van der Waals surface area contributed by atoms with Crippen molar-refractivity contribution in [3.63, 3.8) is 0 Å². The SMILES string of the molecule is N#Cc1ccc(OCC(=O)NCC2(N3CCOCC3)CCCCC2)cc1. The monoisotopic (exact) mass is 357 g/mol. The van der Waals surface area contributed by atoms with E-state index in [1.54, 1.807) is 24.3 Å². The van der Waals surface area contributed by atoms with Crippen molar-refractivity contribution in [2.75, 3.05) is 39.5 Å². The summed E-state index contributed by atoms with van der Waals surface area (Å²) in [6.45, 7) is 4.10.